The summed E-state index contributed by atoms with van der Waals surface area (Å²) in [4.78, 5) is 29.3. The molecule has 19 heavy (non-hydrogen) atoms. The maximum atomic E-state index is 11.8. The first-order chi connectivity index (χ1) is 9.16. The van der Waals surface area contributed by atoms with E-state index in [4.69, 9.17) is 5.11 Å². The number of aromatic carboxylic acids is 1. The van der Waals surface area contributed by atoms with Crippen molar-refractivity contribution < 1.29 is 14.7 Å². The average Bonchev–Trinajstić information content (AvgIpc) is 2.92. The van der Waals surface area contributed by atoms with Gasteiger partial charge in [-0.05, 0) is 18.2 Å². The number of aromatic amines is 1. The van der Waals surface area contributed by atoms with E-state index >= 15 is 0 Å². The number of carboxylic acid groups (broad SMARTS) is 1. The highest BCUT2D eigenvalue weighted by Crippen LogP contribution is 2.03. The highest BCUT2D eigenvalue weighted by molar-refractivity contribution is 5.96. The minimum atomic E-state index is -1.10. The lowest BCUT2D eigenvalue weighted by molar-refractivity contribution is 0.0696. The Labute approximate surface area is 109 Å². The van der Waals surface area contributed by atoms with Crippen molar-refractivity contribution in [1.29, 1.82) is 0 Å². The summed E-state index contributed by atoms with van der Waals surface area (Å²) in [6.07, 6.45) is 5.05. The second-order valence-corrected chi connectivity index (χ2v) is 3.97. The Hall–Kier alpha value is -2.63. The standard InChI is InChI=1S/C13H13N3O3/c17-12(16-5-3-11-2-1-4-15-11)9-6-10(13(18)19)8-14-7-9/h1-2,4,6-8,15H,3,5H2,(H,16,17)(H,18,19). The molecule has 0 radical (unpaired) electrons. The van der Waals surface area contributed by atoms with Crippen LogP contribution in [0.15, 0.2) is 36.8 Å². The summed E-state index contributed by atoms with van der Waals surface area (Å²) in [5.41, 5.74) is 1.26. The molecule has 6 nitrogen and oxygen atoms in total. The quantitative estimate of drug-likeness (QED) is 0.748. The number of amides is 1. The molecule has 2 heterocycles. The Kier molecular flexibility index (Phi) is 3.92. The Morgan fingerprint density at radius 1 is 1.32 bits per heavy atom. The Bertz CT molecular complexity index is 579. The molecule has 2 rings (SSSR count). The molecule has 98 valence electrons. The zero-order valence-electron chi connectivity index (χ0n) is 10.1. The molecule has 3 N–H and O–H groups in total. The van der Waals surface area contributed by atoms with Crippen LogP contribution in [-0.4, -0.2) is 33.5 Å². The topological polar surface area (TPSA) is 95.1 Å². The number of carboxylic acids is 1. The van der Waals surface area contributed by atoms with Gasteiger partial charge >= 0.3 is 5.97 Å². The van der Waals surface area contributed by atoms with Crippen LogP contribution < -0.4 is 5.32 Å². The first-order valence-electron chi connectivity index (χ1n) is 5.75. The Morgan fingerprint density at radius 2 is 2.11 bits per heavy atom. The summed E-state index contributed by atoms with van der Waals surface area (Å²) in [6.45, 7) is 0.469. The van der Waals surface area contributed by atoms with E-state index in [1.807, 2.05) is 18.3 Å². The lowest BCUT2D eigenvalue weighted by Gasteiger charge is -2.04. The number of carbonyl (C=O) groups excluding carboxylic acids is 1. The molecule has 1 amide bonds. The van der Waals surface area contributed by atoms with Crippen molar-refractivity contribution in [3.05, 3.63) is 53.6 Å². The van der Waals surface area contributed by atoms with Crippen molar-refractivity contribution in [2.75, 3.05) is 6.54 Å². The van der Waals surface area contributed by atoms with Gasteiger partial charge in [0.25, 0.3) is 5.91 Å². The summed E-state index contributed by atoms with van der Waals surface area (Å²) in [7, 11) is 0. The van der Waals surface area contributed by atoms with Gasteiger partial charge in [-0.3, -0.25) is 9.78 Å². The van der Waals surface area contributed by atoms with Gasteiger partial charge in [-0.1, -0.05) is 0 Å². The number of aromatic nitrogens is 2. The highest BCUT2D eigenvalue weighted by atomic mass is 16.4. The van der Waals surface area contributed by atoms with Crippen LogP contribution in [0.3, 0.4) is 0 Å². The van der Waals surface area contributed by atoms with Crippen LogP contribution in [0.2, 0.25) is 0 Å². The lowest BCUT2D eigenvalue weighted by atomic mass is 10.2. The van der Waals surface area contributed by atoms with Crippen LogP contribution in [-0.2, 0) is 6.42 Å². The molecule has 2 aromatic heterocycles. The molecule has 0 atom stereocenters. The number of hydrogen-bond donors (Lipinski definition) is 3. The number of H-pyrrole nitrogens is 1. The summed E-state index contributed by atoms with van der Waals surface area (Å²) in [5, 5.41) is 11.5. The van der Waals surface area contributed by atoms with E-state index in [1.54, 1.807) is 0 Å². The van der Waals surface area contributed by atoms with Crippen LogP contribution in [0, 0.1) is 0 Å². The molecule has 2 aromatic rings. The van der Waals surface area contributed by atoms with Gasteiger partial charge in [0.1, 0.15) is 0 Å². The molecular formula is C13H13N3O3. The second-order valence-electron chi connectivity index (χ2n) is 3.97. The first-order valence-corrected chi connectivity index (χ1v) is 5.75. The smallest absolute Gasteiger partial charge is 0.337 e. The fourth-order valence-corrected chi connectivity index (χ4v) is 1.62. The van der Waals surface area contributed by atoms with Crippen molar-refractivity contribution in [1.82, 2.24) is 15.3 Å². The van der Waals surface area contributed by atoms with Crippen LogP contribution in [0.4, 0.5) is 0 Å². The maximum Gasteiger partial charge on any atom is 0.337 e. The molecule has 0 unspecified atom stereocenters. The van der Waals surface area contributed by atoms with Gasteiger partial charge in [-0.25, -0.2) is 4.79 Å². The molecule has 0 aliphatic carbocycles. The zero-order chi connectivity index (χ0) is 13.7. The third-order valence-electron chi connectivity index (χ3n) is 2.59. The van der Waals surface area contributed by atoms with Gasteiger partial charge in [0.15, 0.2) is 0 Å². The van der Waals surface area contributed by atoms with E-state index in [0.717, 1.165) is 5.69 Å². The molecule has 0 fully saturated rings. The van der Waals surface area contributed by atoms with Gasteiger partial charge in [-0.2, -0.15) is 0 Å². The molecule has 0 aliphatic heterocycles. The number of pyridine rings is 1. The van der Waals surface area contributed by atoms with Crippen molar-refractivity contribution in [2.45, 2.75) is 6.42 Å². The lowest BCUT2D eigenvalue weighted by Crippen LogP contribution is -2.26. The normalized spacial score (nSPS) is 10.1. The van der Waals surface area contributed by atoms with Gasteiger partial charge in [0.05, 0.1) is 11.1 Å². The maximum absolute atomic E-state index is 11.8. The van der Waals surface area contributed by atoms with Gasteiger partial charge in [0, 0.05) is 37.3 Å². The van der Waals surface area contributed by atoms with Crippen LogP contribution in [0.25, 0.3) is 0 Å². The molecule has 0 bridgehead atoms. The van der Waals surface area contributed by atoms with Crippen LogP contribution >= 0.6 is 0 Å². The fraction of sp³-hybridized carbons (Fsp3) is 0.154. The SMILES string of the molecule is O=C(O)c1cncc(C(=O)NCCc2ccc[nH]2)c1. The van der Waals surface area contributed by atoms with Crippen LogP contribution in [0.5, 0.6) is 0 Å². The first kappa shape index (κ1) is 12.8. The van der Waals surface area contributed by atoms with E-state index in [0.29, 0.717) is 13.0 Å². The third kappa shape index (κ3) is 3.41. The molecule has 6 heteroatoms. The molecular weight excluding hydrogens is 246 g/mol. The number of nitrogens with one attached hydrogen (secondary N) is 2. The van der Waals surface area contributed by atoms with E-state index in [9.17, 15) is 9.59 Å². The van der Waals surface area contributed by atoms with E-state index in [1.165, 1.54) is 18.5 Å². The number of nitrogens with zero attached hydrogens (tertiary/aromatic N) is 1. The largest absolute Gasteiger partial charge is 0.478 e. The van der Waals surface area contributed by atoms with Crippen LogP contribution in [0.1, 0.15) is 26.4 Å². The predicted molar refractivity (Wildman–Crippen MR) is 68.0 cm³/mol. The zero-order valence-corrected chi connectivity index (χ0v) is 10.1. The van der Waals surface area contributed by atoms with E-state index in [-0.39, 0.29) is 17.0 Å². The van der Waals surface area contributed by atoms with Gasteiger partial charge in [0.2, 0.25) is 0 Å². The minimum Gasteiger partial charge on any atom is -0.478 e. The average molecular weight is 259 g/mol. The number of rotatable bonds is 5. The number of carbonyl (C=O) groups is 2. The molecule has 0 saturated carbocycles. The molecule has 0 aliphatic rings. The Morgan fingerprint density at radius 3 is 2.79 bits per heavy atom. The second kappa shape index (κ2) is 5.81. The van der Waals surface area contributed by atoms with Crippen molar-refractivity contribution in [3.8, 4) is 0 Å². The minimum absolute atomic E-state index is 0.00276. The van der Waals surface area contributed by atoms with E-state index < -0.39 is 5.97 Å². The summed E-state index contributed by atoms with van der Waals surface area (Å²) >= 11 is 0. The summed E-state index contributed by atoms with van der Waals surface area (Å²) in [6, 6.07) is 5.12. The van der Waals surface area contributed by atoms with Crippen molar-refractivity contribution >= 4 is 11.9 Å². The molecule has 0 saturated heterocycles. The molecule has 0 aromatic carbocycles. The van der Waals surface area contributed by atoms with Gasteiger partial charge in [-0.15, -0.1) is 0 Å². The van der Waals surface area contributed by atoms with Gasteiger partial charge < -0.3 is 15.4 Å². The predicted octanol–water partition coefficient (Wildman–Crippen LogP) is 1.08. The third-order valence-corrected chi connectivity index (χ3v) is 2.59. The fourth-order valence-electron chi connectivity index (χ4n) is 1.62. The molecule has 0 spiro atoms. The summed E-state index contributed by atoms with van der Waals surface area (Å²) in [5.74, 6) is -1.43. The highest BCUT2D eigenvalue weighted by Gasteiger charge is 2.09. The number of hydrogen-bond acceptors (Lipinski definition) is 3. The van der Waals surface area contributed by atoms with Crippen molar-refractivity contribution in [2.24, 2.45) is 0 Å². The monoisotopic (exact) mass is 259 g/mol. The van der Waals surface area contributed by atoms with Crippen molar-refractivity contribution in [3.63, 3.8) is 0 Å². The summed E-state index contributed by atoms with van der Waals surface area (Å²) < 4.78 is 0. The van der Waals surface area contributed by atoms with E-state index in [2.05, 4.69) is 15.3 Å². The Balaban J connectivity index is 1.92.